The van der Waals surface area contributed by atoms with Gasteiger partial charge in [-0.05, 0) is 19.4 Å². The Labute approximate surface area is 146 Å². The highest BCUT2D eigenvalue weighted by Crippen LogP contribution is 2.19. The SMILES string of the molecule is Cc1cc(NC(=O)CN(C)C(=O)C(C)(N)c2ccccc2)no1.Cl. The highest BCUT2D eigenvalue weighted by atomic mass is 35.5. The molecular formula is C16H21ClN4O3. The predicted molar refractivity (Wildman–Crippen MR) is 92.7 cm³/mol. The fourth-order valence-corrected chi connectivity index (χ4v) is 2.20. The number of hydrogen-bond donors (Lipinski definition) is 2. The third kappa shape index (κ3) is 4.56. The molecule has 0 aliphatic rings. The van der Waals surface area contributed by atoms with Crippen molar-refractivity contribution < 1.29 is 14.1 Å². The average Bonchev–Trinajstić information content (AvgIpc) is 2.92. The van der Waals surface area contributed by atoms with E-state index < -0.39 is 5.54 Å². The minimum atomic E-state index is -1.21. The van der Waals surface area contributed by atoms with E-state index in [1.54, 1.807) is 32.0 Å². The molecule has 0 aliphatic carbocycles. The quantitative estimate of drug-likeness (QED) is 0.852. The number of anilines is 1. The van der Waals surface area contributed by atoms with Gasteiger partial charge >= 0.3 is 0 Å². The molecule has 24 heavy (non-hydrogen) atoms. The second-order valence-electron chi connectivity index (χ2n) is 5.60. The van der Waals surface area contributed by atoms with E-state index >= 15 is 0 Å². The summed E-state index contributed by atoms with van der Waals surface area (Å²) >= 11 is 0. The van der Waals surface area contributed by atoms with Crippen LogP contribution in [0.3, 0.4) is 0 Å². The van der Waals surface area contributed by atoms with E-state index in [2.05, 4.69) is 10.5 Å². The number of benzene rings is 1. The van der Waals surface area contributed by atoms with E-state index in [9.17, 15) is 9.59 Å². The van der Waals surface area contributed by atoms with Crippen molar-refractivity contribution in [3.63, 3.8) is 0 Å². The van der Waals surface area contributed by atoms with Crippen molar-refractivity contribution in [3.8, 4) is 0 Å². The Balaban J connectivity index is 0.00000288. The normalized spacial score (nSPS) is 12.7. The Kier molecular flexibility index (Phi) is 6.51. The van der Waals surface area contributed by atoms with E-state index in [0.29, 0.717) is 17.1 Å². The molecule has 2 amide bonds. The van der Waals surface area contributed by atoms with Crippen LogP contribution in [0.5, 0.6) is 0 Å². The molecule has 1 atom stereocenters. The Morgan fingerprint density at radius 3 is 2.50 bits per heavy atom. The Morgan fingerprint density at radius 1 is 1.33 bits per heavy atom. The van der Waals surface area contributed by atoms with Gasteiger partial charge < -0.3 is 20.5 Å². The molecule has 1 unspecified atom stereocenters. The fourth-order valence-electron chi connectivity index (χ4n) is 2.20. The summed E-state index contributed by atoms with van der Waals surface area (Å²) in [5.41, 5.74) is 5.64. The molecule has 0 saturated carbocycles. The van der Waals surface area contributed by atoms with E-state index in [4.69, 9.17) is 10.3 Å². The van der Waals surface area contributed by atoms with Crippen molar-refractivity contribution in [2.45, 2.75) is 19.4 Å². The van der Waals surface area contributed by atoms with E-state index in [-0.39, 0.29) is 30.8 Å². The smallest absolute Gasteiger partial charge is 0.247 e. The maximum absolute atomic E-state index is 12.5. The summed E-state index contributed by atoms with van der Waals surface area (Å²) in [7, 11) is 1.53. The van der Waals surface area contributed by atoms with Crippen LogP contribution in [0.1, 0.15) is 18.2 Å². The van der Waals surface area contributed by atoms with Gasteiger partial charge in [0.2, 0.25) is 11.8 Å². The number of likely N-dealkylation sites (N-methyl/N-ethyl adjacent to an activating group) is 1. The molecule has 0 bridgehead atoms. The monoisotopic (exact) mass is 352 g/mol. The number of carbonyl (C=O) groups is 2. The molecule has 0 radical (unpaired) electrons. The highest BCUT2D eigenvalue weighted by Gasteiger charge is 2.33. The molecule has 2 aromatic rings. The maximum atomic E-state index is 12.5. The molecule has 1 heterocycles. The van der Waals surface area contributed by atoms with Crippen molar-refractivity contribution in [1.82, 2.24) is 10.1 Å². The van der Waals surface area contributed by atoms with Crippen molar-refractivity contribution in [3.05, 3.63) is 47.7 Å². The zero-order valence-electron chi connectivity index (χ0n) is 13.8. The van der Waals surface area contributed by atoms with Crippen LogP contribution in [0, 0.1) is 6.92 Å². The van der Waals surface area contributed by atoms with Crippen molar-refractivity contribution in [2.24, 2.45) is 5.73 Å². The summed E-state index contributed by atoms with van der Waals surface area (Å²) in [6.45, 7) is 3.21. The summed E-state index contributed by atoms with van der Waals surface area (Å²) in [6, 6.07) is 10.6. The summed E-state index contributed by atoms with van der Waals surface area (Å²) in [4.78, 5) is 25.8. The molecule has 0 fully saturated rings. The number of aromatic nitrogens is 1. The zero-order valence-corrected chi connectivity index (χ0v) is 14.6. The number of halogens is 1. The number of carbonyl (C=O) groups excluding carboxylic acids is 2. The number of nitrogens with one attached hydrogen (secondary N) is 1. The topological polar surface area (TPSA) is 101 Å². The van der Waals surface area contributed by atoms with Crippen molar-refractivity contribution in [2.75, 3.05) is 18.9 Å². The van der Waals surface area contributed by atoms with Gasteiger partial charge in [0.1, 0.15) is 11.3 Å². The predicted octanol–water partition coefficient (Wildman–Crippen LogP) is 1.68. The molecule has 7 nitrogen and oxygen atoms in total. The molecule has 130 valence electrons. The first-order valence-corrected chi connectivity index (χ1v) is 7.14. The van der Waals surface area contributed by atoms with Gasteiger partial charge in [0.25, 0.3) is 0 Å². The van der Waals surface area contributed by atoms with Crippen LogP contribution in [0.4, 0.5) is 5.82 Å². The molecule has 2 rings (SSSR count). The van der Waals surface area contributed by atoms with Crippen molar-refractivity contribution in [1.29, 1.82) is 0 Å². The first-order chi connectivity index (χ1) is 10.8. The lowest BCUT2D eigenvalue weighted by Crippen LogP contribution is -2.51. The molecule has 0 spiro atoms. The standard InChI is InChI=1S/C16H20N4O3.ClH/c1-11-9-13(19-23-11)18-14(21)10-20(3)15(22)16(2,17)12-7-5-4-6-8-12;/h4-9H,10,17H2,1-3H3,(H,18,19,21);1H. The van der Waals surface area contributed by atoms with Gasteiger partial charge in [0, 0.05) is 13.1 Å². The molecule has 1 aromatic heterocycles. The average molecular weight is 353 g/mol. The fraction of sp³-hybridized carbons (Fsp3) is 0.312. The number of aryl methyl sites for hydroxylation is 1. The summed E-state index contributed by atoms with van der Waals surface area (Å²) in [6.07, 6.45) is 0. The van der Waals surface area contributed by atoms with Crippen LogP contribution in [-0.4, -0.2) is 35.5 Å². The minimum Gasteiger partial charge on any atom is -0.360 e. The first-order valence-electron chi connectivity index (χ1n) is 7.14. The molecule has 1 aromatic carbocycles. The summed E-state index contributed by atoms with van der Waals surface area (Å²) in [5.74, 6) is 0.170. The second-order valence-corrected chi connectivity index (χ2v) is 5.60. The van der Waals surface area contributed by atoms with E-state index in [1.807, 2.05) is 18.2 Å². The summed E-state index contributed by atoms with van der Waals surface area (Å²) in [5, 5.41) is 6.23. The van der Waals surface area contributed by atoms with Crippen LogP contribution in [0.2, 0.25) is 0 Å². The molecule has 3 N–H and O–H groups in total. The van der Waals surface area contributed by atoms with E-state index in [0.717, 1.165) is 0 Å². The lowest BCUT2D eigenvalue weighted by molar-refractivity contribution is -0.138. The number of rotatable bonds is 5. The van der Waals surface area contributed by atoms with Crippen LogP contribution in [0.15, 0.2) is 40.9 Å². The lowest BCUT2D eigenvalue weighted by Gasteiger charge is -2.29. The van der Waals surface area contributed by atoms with Crippen LogP contribution in [-0.2, 0) is 15.1 Å². The number of nitrogens with two attached hydrogens (primary N) is 1. The zero-order chi connectivity index (χ0) is 17.0. The Hall–Kier alpha value is -2.38. The summed E-state index contributed by atoms with van der Waals surface area (Å²) < 4.78 is 4.86. The van der Waals surface area contributed by atoms with Gasteiger partial charge in [-0.25, -0.2) is 0 Å². The third-order valence-electron chi connectivity index (χ3n) is 3.44. The van der Waals surface area contributed by atoms with Crippen molar-refractivity contribution >= 4 is 30.0 Å². The Morgan fingerprint density at radius 2 is 1.96 bits per heavy atom. The first kappa shape index (κ1) is 19.7. The molecule has 0 aliphatic heterocycles. The molecular weight excluding hydrogens is 332 g/mol. The number of nitrogens with zero attached hydrogens (tertiary/aromatic N) is 2. The van der Waals surface area contributed by atoms with Gasteiger partial charge in [0.15, 0.2) is 5.82 Å². The lowest BCUT2D eigenvalue weighted by atomic mass is 9.92. The molecule has 0 saturated heterocycles. The maximum Gasteiger partial charge on any atom is 0.247 e. The Bertz CT molecular complexity index is 700. The number of amides is 2. The highest BCUT2D eigenvalue weighted by molar-refractivity contribution is 5.95. The molecule has 8 heteroatoms. The van der Waals surface area contributed by atoms with Gasteiger partial charge in [-0.15, -0.1) is 12.4 Å². The van der Waals surface area contributed by atoms with Crippen LogP contribution >= 0.6 is 12.4 Å². The number of hydrogen-bond acceptors (Lipinski definition) is 5. The van der Waals surface area contributed by atoms with Gasteiger partial charge in [-0.2, -0.15) is 0 Å². The van der Waals surface area contributed by atoms with E-state index in [1.165, 1.54) is 11.9 Å². The van der Waals surface area contributed by atoms with Gasteiger partial charge in [-0.1, -0.05) is 35.5 Å². The van der Waals surface area contributed by atoms with Crippen LogP contribution in [0.25, 0.3) is 0 Å². The van der Waals surface area contributed by atoms with Gasteiger partial charge in [-0.3, -0.25) is 9.59 Å². The van der Waals surface area contributed by atoms with Gasteiger partial charge in [0.05, 0.1) is 6.54 Å². The van der Waals surface area contributed by atoms with Crippen LogP contribution < -0.4 is 11.1 Å². The second kappa shape index (κ2) is 7.94. The minimum absolute atomic E-state index is 0. The third-order valence-corrected chi connectivity index (χ3v) is 3.44. The largest absolute Gasteiger partial charge is 0.360 e.